The molecule has 0 spiro atoms. The van der Waals surface area contributed by atoms with E-state index in [2.05, 4.69) is 37.9 Å². The first-order valence-corrected chi connectivity index (χ1v) is 8.48. The number of hydrogen-bond donors (Lipinski definition) is 0. The quantitative estimate of drug-likeness (QED) is 0.653. The van der Waals surface area contributed by atoms with Crippen LogP contribution < -0.4 is 0 Å². The Bertz CT molecular complexity index is 644. The van der Waals surface area contributed by atoms with Crippen LogP contribution in [-0.2, 0) is 9.53 Å². The van der Waals surface area contributed by atoms with Crippen molar-refractivity contribution >= 4 is 37.8 Å². The summed E-state index contributed by atoms with van der Waals surface area (Å²) in [5, 5.41) is 9.78. The predicted molar refractivity (Wildman–Crippen MR) is 92.5 cm³/mol. The number of halogens is 2. The zero-order valence-electron chi connectivity index (χ0n) is 12.6. The fourth-order valence-corrected chi connectivity index (χ4v) is 4.15. The van der Waals surface area contributed by atoms with Crippen LogP contribution in [0.4, 0.5) is 0 Å². The first-order valence-electron chi connectivity index (χ1n) is 6.89. The van der Waals surface area contributed by atoms with Gasteiger partial charge >= 0.3 is 5.97 Å². The molecule has 5 heteroatoms. The summed E-state index contributed by atoms with van der Waals surface area (Å²) in [6.45, 7) is 4.00. The number of allylic oxidation sites excluding steroid dienone is 1. The summed E-state index contributed by atoms with van der Waals surface area (Å²) in [5.74, 6) is -0.988. The van der Waals surface area contributed by atoms with Crippen molar-refractivity contribution in [2.24, 2.45) is 16.7 Å². The standard InChI is InChI=1S/C17H17Br2NO2/c1-16(2)13(9-14(18)19)17(16,15(21)22-3)12(10-20)11-7-5-4-6-8-11/h4-9,12-13H,1-3H3. The number of nitriles is 1. The van der Waals surface area contributed by atoms with Gasteiger partial charge in [-0.2, -0.15) is 5.26 Å². The molecule has 0 radical (unpaired) electrons. The fraction of sp³-hybridized carbons (Fsp3) is 0.412. The predicted octanol–water partition coefficient (Wildman–Crippen LogP) is 4.74. The minimum atomic E-state index is -0.884. The fourth-order valence-electron chi connectivity index (χ4n) is 3.62. The first-order chi connectivity index (χ1) is 10.3. The highest BCUT2D eigenvalue weighted by molar-refractivity contribution is 9.28. The van der Waals surface area contributed by atoms with Crippen molar-refractivity contribution in [3.8, 4) is 6.07 Å². The number of hydrogen-bond acceptors (Lipinski definition) is 3. The molecule has 1 aromatic carbocycles. The van der Waals surface area contributed by atoms with Gasteiger partial charge in [0.15, 0.2) is 0 Å². The average molecular weight is 427 g/mol. The molecule has 116 valence electrons. The molecule has 0 N–H and O–H groups in total. The van der Waals surface area contributed by atoms with Crippen molar-refractivity contribution < 1.29 is 9.53 Å². The van der Waals surface area contributed by atoms with Crippen LogP contribution >= 0.6 is 31.9 Å². The van der Waals surface area contributed by atoms with Crippen LogP contribution in [0.3, 0.4) is 0 Å². The SMILES string of the molecule is COC(=O)C1(C(C#N)c2ccccc2)C(C=C(Br)Br)C1(C)C. The third-order valence-electron chi connectivity index (χ3n) is 4.78. The molecule has 3 atom stereocenters. The number of carbonyl (C=O) groups is 1. The summed E-state index contributed by atoms with van der Waals surface area (Å²) >= 11 is 6.72. The number of ether oxygens (including phenoxy) is 1. The number of methoxy groups -OCH3 is 1. The van der Waals surface area contributed by atoms with E-state index in [-0.39, 0.29) is 17.3 Å². The molecule has 1 aliphatic rings. The Kier molecular flexibility index (Phi) is 4.84. The Morgan fingerprint density at radius 2 is 1.95 bits per heavy atom. The van der Waals surface area contributed by atoms with Gasteiger partial charge in [-0.3, -0.25) is 4.79 Å². The second-order valence-corrected chi connectivity index (χ2v) is 8.76. The van der Waals surface area contributed by atoms with Crippen LogP contribution in [0.2, 0.25) is 0 Å². The maximum absolute atomic E-state index is 12.6. The molecular weight excluding hydrogens is 410 g/mol. The van der Waals surface area contributed by atoms with E-state index in [4.69, 9.17) is 4.74 Å². The van der Waals surface area contributed by atoms with Gasteiger partial charge in [-0.25, -0.2) is 0 Å². The van der Waals surface area contributed by atoms with Gasteiger partial charge in [0.2, 0.25) is 0 Å². The molecule has 2 rings (SSSR count). The summed E-state index contributed by atoms with van der Waals surface area (Å²) in [5.41, 5.74) is -0.418. The van der Waals surface area contributed by atoms with Crippen molar-refractivity contribution in [1.82, 2.24) is 0 Å². The molecule has 0 heterocycles. The zero-order chi connectivity index (χ0) is 16.5. The van der Waals surface area contributed by atoms with Gasteiger partial charge in [0.1, 0.15) is 5.41 Å². The summed E-state index contributed by atoms with van der Waals surface area (Å²) in [6, 6.07) is 11.8. The molecule has 1 aliphatic carbocycles. The Hall–Kier alpha value is -1.12. The number of carbonyl (C=O) groups excluding carboxylic acids is 1. The highest BCUT2D eigenvalue weighted by atomic mass is 79.9. The van der Waals surface area contributed by atoms with Crippen LogP contribution in [0.15, 0.2) is 39.8 Å². The minimum Gasteiger partial charge on any atom is -0.469 e. The Labute approximate surface area is 147 Å². The van der Waals surface area contributed by atoms with Crippen molar-refractivity contribution in [3.63, 3.8) is 0 Å². The van der Waals surface area contributed by atoms with Gasteiger partial charge in [-0.1, -0.05) is 50.3 Å². The van der Waals surface area contributed by atoms with Crippen LogP contribution in [0.1, 0.15) is 25.3 Å². The molecule has 1 aromatic rings. The highest BCUT2D eigenvalue weighted by Gasteiger charge is 2.78. The van der Waals surface area contributed by atoms with E-state index < -0.39 is 11.3 Å². The maximum atomic E-state index is 12.6. The van der Waals surface area contributed by atoms with Gasteiger partial charge in [0.25, 0.3) is 0 Å². The van der Waals surface area contributed by atoms with Gasteiger partial charge in [0.05, 0.1) is 22.5 Å². The topological polar surface area (TPSA) is 50.1 Å². The number of esters is 1. The molecule has 0 aliphatic heterocycles. The third-order valence-corrected chi connectivity index (χ3v) is 5.31. The van der Waals surface area contributed by atoms with Crippen molar-refractivity contribution in [2.75, 3.05) is 7.11 Å². The van der Waals surface area contributed by atoms with Crippen molar-refractivity contribution in [2.45, 2.75) is 19.8 Å². The first kappa shape index (κ1) is 17.2. The zero-order valence-corrected chi connectivity index (χ0v) is 15.8. The maximum Gasteiger partial charge on any atom is 0.314 e. The Morgan fingerprint density at radius 1 is 1.36 bits per heavy atom. The molecule has 22 heavy (non-hydrogen) atoms. The Balaban J connectivity index is 2.60. The number of rotatable bonds is 4. The molecule has 0 saturated heterocycles. The second-order valence-electron chi connectivity index (χ2n) is 5.99. The molecule has 3 nitrogen and oxygen atoms in total. The lowest BCUT2D eigenvalue weighted by molar-refractivity contribution is -0.149. The van der Waals surface area contributed by atoms with E-state index in [1.807, 2.05) is 50.3 Å². The van der Waals surface area contributed by atoms with Crippen LogP contribution in [0, 0.1) is 28.1 Å². The smallest absolute Gasteiger partial charge is 0.314 e. The molecule has 0 amide bonds. The van der Waals surface area contributed by atoms with Crippen molar-refractivity contribution in [3.05, 3.63) is 45.4 Å². The lowest BCUT2D eigenvalue weighted by Crippen LogP contribution is -2.30. The van der Waals surface area contributed by atoms with Gasteiger partial charge in [-0.05, 0) is 42.8 Å². The molecule has 1 fully saturated rings. The molecule has 0 bridgehead atoms. The lowest BCUT2D eigenvalue weighted by atomic mass is 9.78. The monoisotopic (exact) mass is 425 g/mol. The normalized spacial score (nSPS) is 26.5. The molecule has 0 aromatic heterocycles. The van der Waals surface area contributed by atoms with Crippen molar-refractivity contribution in [1.29, 1.82) is 5.26 Å². The number of nitrogens with zero attached hydrogens (tertiary/aromatic N) is 1. The average Bonchev–Trinajstić information content (AvgIpc) is 2.96. The summed E-state index contributed by atoms with van der Waals surface area (Å²) in [4.78, 5) is 12.6. The molecule has 1 saturated carbocycles. The van der Waals surface area contributed by atoms with E-state index in [1.165, 1.54) is 7.11 Å². The summed E-state index contributed by atoms with van der Waals surface area (Å²) in [7, 11) is 1.38. The van der Waals surface area contributed by atoms with E-state index in [0.29, 0.717) is 0 Å². The highest BCUT2D eigenvalue weighted by Crippen LogP contribution is 2.75. The van der Waals surface area contributed by atoms with Gasteiger partial charge in [-0.15, -0.1) is 0 Å². The van der Waals surface area contributed by atoms with E-state index in [9.17, 15) is 10.1 Å². The van der Waals surface area contributed by atoms with E-state index >= 15 is 0 Å². The van der Waals surface area contributed by atoms with Gasteiger partial charge < -0.3 is 4.74 Å². The lowest BCUT2D eigenvalue weighted by Gasteiger charge is -2.23. The van der Waals surface area contributed by atoms with E-state index in [0.717, 1.165) is 8.96 Å². The summed E-state index contributed by atoms with van der Waals surface area (Å²) < 4.78 is 5.85. The Morgan fingerprint density at radius 3 is 2.41 bits per heavy atom. The second kappa shape index (κ2) is 6.17. The van der Waals surface area contributed by atoms with Gasteiger partial charge in [0, 0.05) is 5.92 Å². The third kappa shape index (κ3) is 2.43. The minimum absolute atomic E-state index is 0.0916. The summed E-state index contributed by atoms with van der Waals surface area (Å²) in [6.07, 6.45) is 1.93. The van der Waals surface area contributed by atoms with Crippen LogP contribution in [0.25, 0.3) is 0 Å². The molecule has 3 unspecified atom stereocenters. The van der Waals surface area contributed by atoms with Crippen LogP contribution in [-0.4, -0.2) is 13.1 Å². The van der Waals surface area contributed by atoms with E-state index in [1.54, 1.807) is 0 Å². The molecular formula is C17H17Br2NO2. The largest absolute Gasteiger partial charge is 0.469 e. The number of benzene rings is 1. The van der Waals surface area contributed by atoms with Crippen LogP contribution in [0.5, 0.6) is 0 Å².